The van der Waals surface area contributed by atoms with Crippen molar-refractivity contribution in [1.29, 1.82) is 0 Å². The number of thiophene rings is 1. The predicted octanol–water partition coefficient (Wildman–Crippen LogP) is 1.04. The van der Waals surface area contributed by atoms with Crippen molar-refractivity contribution in [2.45, 2.75) is 18.1 Å². The number of sulfonamides is 1. The van der Waals surface area contributed by atoms with E-state index in [4.69, 9.17) is 5.11 Å². The first-order chi connectivity index (χ1) is 6.87. The molecule has 0 saturated heterocycles. The van der Waals surface area contributed by atoms with Crippen LogP contribution in [0.25, 0.3) is 0 Å². The molecule has 0 unspecified atom stereocenters. The topological polar surface area (TPSA) is 66.4 Å². The molecule has 4 nitrogen and oxygen atoms in total. The van der Waals surface area contributed by atoms with E-state index in [1.54, 1.807) is 31.4 Å². The number of aliphatic hydroxyl groups excluding tert-OH is 1. The summed E-state index contributed by atoms with van der Waals surface area (Å²) < 4.78 is 26.1. The van der Waals surface area contributed by atoms with Crippen LogP contribution in [-0.4, -0.2) is 26.7 Å². The van der Waals surface area contributed by atoms with Gasteiger partial charge >= 0.3 is 0 Å². The van der Waals surface area contributed by atoms with Gasteiger partial charge in [-0.3, -0.25) is 0 Å². The Kier molecular flexibility index (Phi) is 3.88. The highest BCUT2D eigenvalue weighted by atomic mass is 32.2. The molecule has 1 rings (SSSR count). The molecule has 1 heterocycles. The van der Waals surface area contributed by atoms with Gasteiger partial charge in [-0.25, -0.2) is 13.1 Å². The average Bonchev–Trinajstić information content (AvgIpc) is 2.69. The van der Waals surface area contributed by atoms with Gasteiger partial charge in [0, 0.05) is 18.6 Å². The smallest absolute Gasteiger partial charge is 0.250 e. The molecule has 0 spiro atoms. The van der Waals surface area contributed by atoms with E-state index in [1.165, 1.54) is 11.3 Å². The molecule has 0 aliphatic heterocycles. The van der Waals surface area contributed by atoms with Crippen molar-refractivity contribution in [2.75, 3.05) is 13.2 Å². The Morgan fingerprint density at radius 2 is 2.20 bits per heavy atom. The summed E-state index contributed by atoms with van der Waals surface area (Å²) in [6.07, 6.45) is 0. The van der Waals surface area contributed by atoms with Gasteiger partial charge < -0.3 is 5.11 Å². The van der Waals surface area contributed by atoms with E-state index < -0.39 is 15.4 Å². The predicted molar refractivity (Wildman–Crippen MR) is 60.4 cm³/mol. The maximum absolute atomic E-state index is 11.7. The summed E-state index contributed by atoms with van der Waals surface area (Å²) in [5.74, 6) is 0. The van der Waals surface area contributed by atoms with Crippen molar-refractivity contribution in [1.82, 2.24) is 4.72 Å². The van der Waals surface area contributed by atoms with E-state index in [1.807, 2.05) is 0 Å². The third kappa shape index (κ3) is 3.57. The fourth-order valence-corrected chi connectivity index (χ4v) is 3.11. The van der Waals surface area contributed by atoms with E-state index in [-0.39, 0.29) is 13.2 Å². The first-order valence-corrected chi connectivity index (χ1v) is 6.88. The summed E-state index contributed by atoms with van der Waals surface area (Å²) in [6.45, 7) is 3.76. The lowest BCUT2D eigenvalue weighted by Crippen LogP contribution is -2.35. The molecule has 6 heteroatoms. The van der Waals surface area contributed by atoms with Crippen LogP contribution >= 0.6 is 11.3 Å². The molecular weight excluding hydrogens is 234 g/mol. The maximum atomic E-state index is 11.7. The van der Waals surface area contributed by atoms with Crippen molar-refractivity contribution in [2.24, 2.45) is 5.41 Å². The number of nitrogens with one attached hydrogen (secondary N) is 1. The van der Waals surface area contributed by atoms with Crippen molar-refractivity contribution in [3.05, 3.63) is 17.5 Å². The molecule has 0 fully saturated rings. The number of rotatable bonds is 5. The van der Waals surface area contributed by atoms with Gasteiger partial charge in [0.25, 0.3) is 0 Å². The molecule has 1 aromatic rings. The molecule has 86 valence electrons. The molecule has 0 aromatic carbocycles. The van der Waals surface area contributed by atoms with Crippen LogP contribution in [0.2, 0.25) is 0 Å². The van der Waals surface area contributed by atoms with Crippen LogP contribution in [0.4, 0.5) is 0 Å². The highest BCUT2D eigenvalue weighted by molar-refractivity contribution is 7.91. The highest BCUT2D eigenvalue weighted by Gasteiger charge is 2.21. The fraction of sp³-hybridized carbons (Fsp3) is 0.556. The third-order valence-corrected chi connectivity index (χ3v) is 4.73. The lowest BCUT2D eigenvalue weighted by molar-refractivity contribution is 0.163. The lowest BCUT2D eigenvalue weighted by Gasteiger charge is -2.21. The van der Waals surface area contributed by atoms with Crippen molar-refractivity contribution in [3.8, 4) is 0 Å². The first kappa shape index (κ1) is 12.6. The largest absolute Gasteiger partial charge is 0.396 e. The zero-order valence-electron chi connectivity index (χ0n) is 8.73. The van der Waals surface area contributed by atoms with Crippen molar-refractivity contribution < 1.29 is 13.5 Å². The summed E-state index contributed by atoms with van der Waals surface area (Å²) >= 11 is 1.18. The van der Waals surface area contributed by atoms with Gasteiger partial charge in [0.05, 0.1) is 0 Å². The molecule has 2 N–H and O–H groups in total. The third-order valence-electron chi connectivity index (χ3n) is 1.93. The first-order valence-electron chi connectivity index (χ1n) is 4.51. The Hall–Kier alpha value is -0.430. The number of hydrogen-bond donors (Lipinski definition) is 2. The Morgan fingerprint density at radius 1 is 1.53 bits per heavy atom. The fourth-order valence-electron chi connectivity index (χ4n) is 0.834. The van der Waals surface area contributed by atoms with E-state index >= 15 is 0 Å². The van der Waals surface area contributed by atoms with Gasteiger partial charge in [-0.1, -0.05) is 19.9 Å². The normalized spacial score (nSPS) is 13.0. The van der Waals surface area contributed by atoms with E-state index in [9.17, 15) is 8.42 Å². The standard InChI is InChI=1S/C9H15NO3S2/c1-9(2,7-11)6-10-15(12,13)8-4-3-5-14-8/h3-5,10-11H,6-7H2,1-2H3. The Labute approximate surface area is 94.0 Å². The van der Waals surface area contributed by atoms with Gasteiger partial charge in [-0.2, -0.15) is 0 Å². The second-order valence-electron chi connectivity index (χ2n) is 4.08. The van der Waals surface area contributed by atoms with Gasteiger partial charge in [0.2, 0.25) is 10.0 Å². The molecule has 0 bridgehead atoms. The lowest BCUT2D eigenvalue weighted by atomic mass is 9.96. The van der Waals surface area contributed by atoms with Gasteiger partial charge in [0.15, 0.2) is 0 Å². The molecule has 1 aromatic heterocycles. The molecule has 0 saturated carbocycles. The summed E-state index contributed by atoms with van der Waals surface area (Å²) in [5, 5.41) is 10.7. The molecule has 0 amide bonds. The van der Waals surface area contributed by atoms with Crippen LogP contribution < -0.4 is 4.72 Å². The minimum atomic E-state index is -3.40. The molecule has 0 aliphatic rings. The Morgan fingerprint density at radius 3 is 2.67 bits per heavy atom. The monoisotopic (exact) mass is 249 g/mol. The van der Waals surface area contributed by atoms with E-state index in [2.05, 4.69) is 4.72 Å². The molecule has 0 aliphatic carbocycles. The Bertz CT molecular complexity index is 395. The second kappa shape index (κ2) is 4.61. The van der Waals surface area contributed by atoms with Crippen LogP contribution in [0.1, 0.15) is 13.8 Å². The second-order valence-corrected chi connectivity index (χ2v) is 7.02. The van der Waals surface area contributed by atoms with Gasteiger partial charge in [-0.15, -0.1) is 11.3 Å². The minimum absolute atomic E-state index is 0.0556. The summed E-state index contributed by atoms with van der Waals surface area (Å²) in [4.78, 5) is 0. The summed E-state index contributed by atoms with van der Waals surface area (Å²) in [5.41, 5.74) is -0.440. The zero-order chi connectivity index (χ0) is 11.5. The maximum Gasteiger partial charge on any atom is 0.250 e. The number of aliphatic hydroxyl groups is 1. The highest BCUT2D eigenvalue weighted by Crippen LogP contribution is 2.17. The van der Waals surface area contributed by atoms with Crippen LogP contribution in [0.3, 0.4) is 0 Å². The van der Waals surface area contributed by atoms with E-state index in [0.717, 1.165) is 0 Å². The molecule has 0 atom stereocenters. The Balaban J connectivity index is 2.67. The molecule has 0 radical (unpaired) electrons. The van der Waals surface area contributed by atoms with Crippen molar-refractivity contribution >= 4 is 21.4 Å². The van der Waals surface area contributed by atoms with Crippen LogP contribution in [-0.2, 0) is 10.0 Å². The summed E-state index contributed by atoms with van der Waals surface area (Å²) in [7, 11) is -3.40. The van der Waals surface area contributed by atoms with Crippen LogP contribution in [0, 0.1) is 5.41 Å². The average molecular weight is 249 g/mol. The molecule has 15 heavy (non-hydrogen) atoms. The number of hydrogen-bond acceptors (Lipinski definition) is 4. The van der Waals surface area contributed by atoms with E-state index in [0.29, 0.717) is 4.21 Å². The minimum Gasteiger partial charge on any atom is -0.396 e. The summed E-state index contributed by atoms with van der Waals surface area (Å²) in [6, 6.07) is 3.25. The van der Waals surface area contributed by atoms with Crippen LogP contribution in [0.15, 0.2) is 21.7 Å². The van der Waals surface area contributed by atoms with Crippen LogP contribution in [0.5, 0.6) is 0 Å². The zero-order valence-corrected chi connectivity index (χ0v) is 10.4. The van der Waals surface area contributed by atoms with Gasteiger partial charge in [-0.05, 0) is 11.4 Å². The van der Waals surface area contributed by atoms with Gasteiger partial charge in [0.1, 0.15) is 4.21 Å². The quantitative estimate of drug-likeness (QED) is 0.819. The SMILES string of the molecule is CC(C)(CO)CNS(=O)(=O)c1cccs1. The van der Waals surface area contributed by atoms with Crippen molar-refractivity contribution in [3.63, 3.8) is 0 Å². The molecular formula is C9H15NO3S2.